The van der Waals surface area contributed by atoms with Crippen molar-refractivity contribution in [2.45, 2.75) is 45.4 Å². The molecular formula is C14H18N2O. The van der Waals surface area contributed by atoms with Gasteiger partial charge in [0.25, 0.3) is 0 Å². The van der Waals surface area contributed by atoms with Gasteiger partial charge in [-0.3, -0.25) is 4.79 Å². The van der Waals surface area contributed by atoms with E-state index in [4.69, 9.17) is 0 Å². The Morgan fingerprint density at radius 2 is 1.82 bits per heavy atom. The van der Waals surface area contributed by atoms with Gasteiger partial charge in [-0.25, -0.2) is 9.97 Å². The molecule has 2 rings (SSSR count). The number of carbonyl (C=O) groups is 1. The lowest BCUT2D eigenvalue weighted by Crippen LogP contribution is -2.09. The van der Waals surface area contributed by atoms with Crippen LogP contribution in [0.25, 0.3) is 0 Å². The van der Waals surface area contributed by atoms with Crippen LogP contribution in [-0.4, -0.2) is 15.8 Å². The van der Waals surface area contributed by atoms with E-state index in [-0.39, 0.29) is 5.78 Å². The van der Waals surface area contributed by atoms with E-state index in [1.165, 1.54) is 19.3 Å². The molecule has 0 radical (unpaired) electrons. The minimum atomic E-state index is 0.00639. The van der Waals surface area contributed by atoms with Crippen molar-refractivity contribution in [1.29, 1.82) is 0 Å². The summed E-state index contributed by atoms with van der Waals surface area (Å²) in [6.07, 6.45) is 12.1. The molecule has 0 saturated heterocycles. The summed E-state index contributed by atoms with van der Waals surface area (Å²) >= 11 is 0. The number of rotatable bonds is 2. The molecular weight excluding hydrogens is 212 g/mol. The fourth-order valence-electron chi connectivity index (χ4n) is 2.05. The molecule has 0 saturated carbocycles. The second-order valence-corrected chi connectivity index (χ2v) is 4.60. The Morgan fingerprint density at radius 1 is 1.12 bits per heavy atom. The first-order valence-electron chi connectivity index (χ1n) is 6.30. The normalized spacial score (nSPS) is 16.9. The van der Waals surface area contributed by atoms with Crippen LogP contribution in [0.1, 0.15) is 54.7 Å². The summed E-state index contributed by atoms with van der Waals surface area (Å²) < 4.78 is 0. The highest BCUT2D eigenvalue weighted by Crippen LogP contribution is 2.19. The van der Waals surface area contributed by atoms with Gasteiger partial charge in [0.15, 0.2) is 0 Å². The van der Waals surface area contributed by atoms with Crippen LogP contribution in [0.3, 0.4) is 0 Å². The summed E-state index contributed by atoms with van der Waals surface area (Å²) in [4.78, 5) is 20.4. The van der Waals surface area contributed by atoms with Crippen molar-refractivity contribution >= 4 is 5.78 Å². The maximum Gasteiger partial charge on any atom is 0.225 e. The van der Waals surface area contributed by atoms with E-state index in [9.17, 15) is 4.79 Å². The second-order valence-electron chi connectivity index (χ2n) is 4.60. The standard InChI is InChI=1S/C14H18N2O/c1-11-9-15-14(16-10-11)13(17)12-7-5-3-2-4-6-8-12/h7,9-10H,2-6,8H2,1H3. The van der Waals surface area contributed by atoms with E-state index in [2.05, 4.69) is 16.0 Å². The summed E-state index contributed by atoms with van der Waals surface area (Å²) in [7, 11) is 0. The Labute approximate surface area is 102 Å². The summed E-state index contributed by atoms with van der Waals surface area (Å²) in [6, 6.07) is 0. The number of hydrogen-bond donors (Lipinski definition) is 0. The fourth-order valence-corrected chi connectivity index (χ4v) is 2.05. The molecule has 0 spiro atoms. The van der Waals surface area contributed by atoms with Crippen LogP contribution < -0.4 is 0 Å². The van der Waals surface area contributed by atoms with E-state index < -0.39 is 0 Å². The lowest BCUT2D eigenvalue weighted by molar-refractivity contribution is 0.102. The quantitative estimate of drug-likeness (QED) is 0.732. The molecule has 3 nitrogen and oxygen atoms in total. The number of Topliss-reactive ketones (excluding diaryl/α,β-unsaturated/α-hetero) is 1. The van der Waals surface area contributed by atoms with Crippen LogP contribution in [-0.2, 0) is 0 Å². The van der Waals surface area contributed by atoms with Crippen LogP contribution in [0.15, 0.2) is 24.0 Å². The van der Waals surface area contributed by atoms with E-state index in [0.717, 1.165) is 30.4 Å². The van der Waals surface area contributed by atoms with E-state index in [0.29, 0.717) is 5.82 Å². The van der Waals surface area contributed by atoms with Crippen LogP contribution >= 0.6 is 0 Å². The molecule has 90 valence electrons. The van der Waals surface area contributed by atoms with Gasteiger partial charge in [-0.2, -0.15) is 0 Å². The third-order valence-electron chi connectivity index (χ3n) is 3.07. The van der Waals surface area contributed by atoms with Crippen LogP contribution in [0.4, 0.5) is 0 Å². The first kappa shape index (κ1) is 12.0. The first-order chi connectivity index (χ1) is 8.27. The average molecular weight is 230 g/mol. The molecule has 0 aromatic carbocycles. The summed E-state index contributed by atoms with van der Waals surface area (Å²) in [5.41, 5.74) is 1.88. The molecule has 0 bridgehead atoms. The van der Waals surface area contributed by atoms with Crippen molar-refractivity contribution in [1.82, 2.24) is 9.97 Å². The number of aromatic nitrogens is 2. The van der Waals surface area contributed by atoms with Crippen molar-refractivity contribution in [2.24, 2.45) is 0 Å². The number of carbonyl (C=O) groups excluding carboxylic acids is 1. The Hall–Kier alpha value is -1.51. The highest BCUT2D eigenvalue weighted by molar-refractivity contribution is 6.06. The Kier molecular flexibility index (Phi) is 4.02. The van der Waals surface area contributed by atoms with Crippen molar-refractivity contribution in [2.75, 3.05) is 0 Å². The average Bonchev–Trinajstić information content (AvgIpc) is 2.29. The Balaban J connectivity index is 2.15. The summed E-state index contributed by atoms with van der Waals surface area (Å²) in [5.74, 6) is 0.342. The molecule has 1 aliphatic carbocycles. The third-order valence-corrected chi connectivity index (χ3v) is 3.07. The number of aryl methyl sites for hydroxylation is 1. The zero-order valence-corrected chi connectivity index (χ0v) is 10.3. The molecule has 0 amide bonds. The van der Waals surface area contributed by atoms with Crippen molar-refractivity contribution in [3.8, 4) is 0 Å². The molecule has 0 fully saturated rings. The van der Waals surface area contributed by atoms with Crippen molar-refractivity contribution in [3.05, 3.63) is 35.4 Å². The minimum absolute atomic E-state index is 0.00639. The zero-order chi connectivity index (χ0) is 12.1. The van der Waals surface area contributed by atoms with Gasteiger partial charge in [0.1, 0.15) is 0 Å². The zero-order valence-electron chi connectivity index (χ0n) is 10.3. The lowest BCUT2D eigenvalue weighted by atomic mass is 9.97. The lowest BCUT2D eigenvalue weighted by Gasteiger charge is -2.09. The molecule has 1 aromatic heterocycles. The van der Waals surface area contributed by atoms with Gasteiger partial charge in [0, 0.05) is 12.4 Å². The summed E-state index contributed by atoms with van der Waals surface area (Å²) in [6.45, 7) is 1.92. The third kappa shape index (κ3) is 3.22. The fraction of sp³-hybridized carbons (Fsp3) is 0.500. The molecule has 0 atom stereocenters. The maximum atomic E-state index is 12.2. The Morgan fingerprint density at radius 3 is 2.59 bits per heavy atom. The molecule has 1 heterocycles. The second kappa shape index (κ2) is 5.71. The van der Waals surface area contributed by atoms with Crippen LogP contribution in [0.2, 0.25) is 0 Å². The van der Waals surface area contributed by atoms with Crippen molar-refractivity contribution in [3.63, 3.8) is 0 Å². The predicted molar refractivity (Wildman–Crippen MR) is 66.9 cm³/mol. The van der Waals surface area contributed by atoms with Gasteiger partial charge >= 0.3 is 0 Å². The SMILES string of the molecule is Cc1cnc(C(=O)C2=CCCCCCC2)nc1. The maximum absolute atomic E-state index is 12.2. The number of ketones is 1. The first-order valence-corrected chi connectivity index (χ1v) is 6.30. The van der Waals surface area contributed by atoms with E-state index >= 15 is 0 Å². The van der Waals surface area contributed by atoms with Gasteiger partial charge in [-0.15, -0.1) is 0 Å². The van der Waals surface area contributed by atoms with Gasteiger partial charge < -0.3 is 0 Å². The van der Waals surface area contributed by atoms with Gasteiger partial charge in [-0.05, 0) is 43.7 Å². The molecule has 17 heavy (non-hydrogen) atoms. The monoisotopic (exact) mass is 230 g/mol. The predicted octanol–water partition coefficient (Wildman–Crippen LogP) is 3.25. The highest BCUT2D eigenvalue weighted by Gasteiger charge is 2.15. The summed E-state index contributed by atoms with van der Waals surface area (Å²) in [5, 5.41) is 0. The van der Waals surface area contributed by atoms with E-state index in [1.807, 2.05) is 6.92 Å². The molecule has 1 aromatic rings. The van der Waals surface area contributed by atoms with Gasteiger partial charge in [0.2, 0.25) is 11.6 Å². The topological polar surface area (TPSA) is 42.9 Å². The Bertz CT molecular complexity index is 420. The largest absolute Gasteiger partial charge is 0.285 e. The minimum Gasteiger partial charge on any atom is -0.285 e. The van der Waals surface area contributed by atoms with Gasteiger partial charge in [0.05, 0.1) is 0 Å². The van der Waals surface area contributed by atoms with Crippen molar-refractivity contribution < 1.29 is 4.79 Å². The van der Waals surface area contributed by atoms with Crippen LogP contribution in [0, 0.1) is 6.92 Å². The molecule has 0 N–H and O–H groups in total. The highest BCUT2D eigenvalue weighted by atomic mass is 16.1. The molecule has 0 unspecified atom stereocenters. The molecule has 1 aliphatic rings. The van der Waals surface area contributed by atoms with Gasteiger partial charge in [-0.1, -0.05) is 18.9 Å². The smallest absolute Gasteiger partial charge is 0.225 e. The van der Waals surface area contributed by atoms with Crippen LogP contribution in [0.5, 0.6) is 0 Å². The number of allylic oxidation sites excluding steroid dienone is 2. The molecule has 0 aliphatic heterocycles. The van der Waals surface area contributed by atoms with E-state index in [1.54, 1.807) is 12.4 Å². The number of nitrogens with zero attached hydrogens (tertiary/aromatic N) is 2. The number of hydrogen-bond acceptors (Lipinski definition) is 3. The molecule has 3 heteroatoms.